The van der Waals surface area contributed by atoms with E-state index in [0.29, 0.717) is 10.7 Å². The van der Waals surface area contributed by atoms with Crippen molar-refractivity contribution in [1.82, 2.24) is 10.2 Å². The molecule has 3 aliphatic heterocycles. The van der Waals surface area contributed by atoms with E-state index in [2.05, 4.69) is 10.6 Å². The van der Waals surface area contributed by atoms with Crippen LogP contribution in [0.4, 0.5) is 5.69 Å². The number of nitrogens with zero attached hydrogens (tertiary/aromatic N) is 1. The molecule has 38 heavy (non-hydrogen) atoms. The maximum atomic E-state index is 14.2. The Morgan fingerprint density at radius 3 is 2.55 bits per heavy atom. The van der Waals surface area contributed by atoms with Crippen LogP contribution < -0.4 is 10.6 Å². The number of hydrogen-bond donors (Lipinski definition) is 2. The Morgan fingerprint density at radius 2 is 1.82 bits per heavy atom. The highest BCUT2D eigenvalue weighted by Gasteiger charge is 2.73. The number of amides is 3. The minimum atomic E-state index is -1.19. The fourth-order valence-electron chi connectivity index (χ4n) is 6.83. The van der Waals surface area contributed by atoms with E-state index in [-0.39, 0.29) is 29.8 Å². The molecule has 3 amide bonds. The fourth-order valence-corrected chi connectivity index (χ4v) is 7.02. The first-order chi connectivity index (χ1) is 18.4. The number of benzene rings is 2. The van der Waals surface area contributed by atoms with Crippen LogP contribution in [-0.4, -0.2) is 46.4 Å². The third-order valence-corrected chi connectivity index (χ3v) is 8.84. The molecule has 0 aromatic heterocycles. The van der Waals surface area contributed by atoms with E-state index in [0.717, 1.165) is 31.2 Å². The first-order valence-electron chi connectivity index (χ1n) is 13.5. The third kappa shape index (κ3) is 4.12. The average molecular weight is 534 g/mol. The molecule has 6 rings (SSSR count). The molecule has 1 saturated carbocycles. The van der Waals surface area contributed by atoms with E-state index in [1.807, 2.05) is 49.4 Å². The highest BCUT2D eigenvalue weighted by atomic mass is 35.5. The van der Waals surface area contributed by atoms with Gasteiger partial charge >= 0.3 is 0 Å². The van der Waals surface area contributed by atoms with Crippen molar-refractivity contribution in [3.8, 4) is 0 Å². The van der Waals surface area contributed by atoms with Crippen LogP contribution in [0.2, 0.25) is 5.02 Å². The Hall–Kier alpha value is -3.16. The van der Waals surface area contributed by atoms with E-state index >= 15 is 0 Å². The van der Waals surface area contributed by atoms with Crippen LogP contribution in [0.3, 0.4) is 0 Å². The monoisotopic (exact) mass is 533 g/mol. The molecular weight excluding hydrogens is 502 g/mol. The van der Waals surface area contributed by atoms with E-state index in [1.54, 1.807) is 29.2 Å². The molecule has 0 unspecified atom stereocenters. The molecule has 1 aliphatic carbocycles. The molecule has 7 nitrogen and oxygen atoms in total. The highest BCUT2D eigenvalue weighted by molar-refractivity contribution is 6.30. The van der Waals surface area contributed by atoms with E-state index in [1.165, 1.54) is 6.42 Å². The fraction of sp³-hybridized carbons (Fsp3) is 0.433. The first kappa shape index (κ1) is 25.1. The van der Waals surface area contributed by atoms with E-state index in [9.17, 15) is 14.4 Å². The maximum absolute atomic E-state index is 14.2. The highest BCUT2D eigenvalue weighted by Crippen LogP contribution is 2.56. The minimum Gasteiger partial charge on any atom is -0.359 e. The van der Waals surface area contributed by atoms with Gasteiger partial charge in [0.25, 0.3) is 0 Å². The Morgan fingerprint density at radius 1 is 1.05 bits per heavy atom. The van der Waals surface area contributed by atoms with Crippen LogP contribution in [0.1, 0.15) is 50.6 Å². The molecule has 198 valence electrons. The summed E-state index contributed by atoms with van der Waals surface area (Å²) in [6, 6.07) is 15.4. The van der Waals surface area contributed by atoms with Crippen molar-refractivity contribution in [2.45, 2.75) is 68.9 Å². The topological polar surface area (TPSA) is 87.7 Å². The summed E-state index contributed by atoms with van der Waals surface area (Å²) in [5, 5.41) is 6.65. The summed E-state index contributed by atoms with van der Waals surface area (Å²) in [6.07, 6.45) is 8.31. The van der Waals surface area contributed by atoms with Crippen molar-refractivity contribution in [3.05, 3.63) is 77.3 Å². The number of carbonyl (C=O) groups excluding carboxylic acids is 3. The molecule has 0 radical (unpaired) electrons. The molecule has 2 N–H and O–H groups in total. The Balaban J connectivity index is 1.35. The standard InChI is InChI=1S/C30H32ClN3O4/c1-18(19-9-4-2-5-10-19)34-26(28(36)32-21-12-6-3-7-13-21)30-16-15-23(38-30)24(25(30)29(34)37)27(35)33-22-14-8-11-20(31)17-22/h2,4-5,8-11,14-18,21,23-26H,3,6-7,12-13H2,1H3,(H,32,36)(H,33,35)/t18-,23+,24-,25+,26+,30+/m1/s1. The largest absolute Gasteiger partial charge is 0.359 e. The molecule has 4 aliphatic rings. The number of halogens is 1. The van der Waals surface area contributed by atoms with Crippen molar-refractivity contribution >= 4 is 35.0 Å². The second-order valence-corrected chi connectivity index (χ2v) is 11.3. The molecule has 1 spiro atoms. The number of carbonyl (C=O) groups is 3. The lowest BCUT2D eigenvalue weighted by Crippen LogP contribution is -2.56. The van der Waals surface area contributed by atoms with Crippen LogP contribution in [-0.2, 0) is 19.1 Å². The Kier molecular flexibility index (Phi) is 6.52. The van der Waals surface area contributed by atoms with Gasteiger partial charge < -0.3 is 20.3 Å². The van der Waals surface area contributed by atoms with Crippen LogP contribution in [0, 0.1) is 11.8 Å². The number of fused-ring (bicyclic) bond motifs is 1. The summed E-state index contributed by atoms with van der Waals surface area (Å²) in [5.74, 6) is -2.32. The third-order valence-electron chi connectivity index (χ3n) is 8.61. The number of likely N-dealkylation sites (tertiary alicyclic amines) is 1. The molecule has 2 aromatic rings. The molecule has 2 saturated heterocycles. The lowest BCUT2D eigenvalue weighted by Gasteiger charge is -2.37. The smallest absolute Gasteiger partial charge is 0.246 e. The van der Waals surface area contributed by atoms with E-state index in [4.69, 9.17) is 16.3 Å². The number of hydrogen-bond acceptors (Lipinski definition) is 4. The number of ether oxygens (including phenoxy) is 1. The molecule has 3 heterocycles. The summed E-state index contributed by atoms with van der Waals surface area (Å²) in [6.45, 7) is 1.93. The van der Waals surface area contributed by atoms with Gasteiger partial charge in [0.2, 0.25) is 17.7 Å². The minimum absolute atomic E-state index is 0.0835. The van der Waals surface area contributed by atoms with Crippen molar-refractivity contribution < 1.29 is 19.1 Å². The second-order valence-electron chi connectivity index (χ2n) is 10.9. The SMILES string of the molecule is C[C@H](c1ccccc1)N1C(=O)[C@@H]2[C@H](C(=O)Nc3cccc(Cl)c3)[C@@H]3C=C[C@@]2(O3)[C@@H]1C(=O)NC1CCCCC1. The van der Waals surface area contributed by atoms with Gasteiger partial charge in [0, 0.05) is 16.8 Å². The summed E-state index contributed by atoms with van der Waals surface area (Å²) in [7, 11) is 0. The maximum Gasteiger partial charge on any atom is 0.246 e. The van der Waals surface area contributed by atoms with Gasteiger partial charge in [-0.3, -0.25) is 14.4 Å². The predicted octanol–water partition coefficient (Wildman–Crippen LogP) is 4.64. The quantitative estimate of drug-likeness (QED) is 0.530. The van der Waals surface area contributed by atoms with E-state index < -0.39 is 29.6 Å². The second kappa shape index (κ2) is 9.86. The summed E-state index contributed by atoms with van der Waals surface area (Å²) < 4.78 is 6.47. The predicted molar refractivity (Wildman–Crippen MR) is 144 cm³/mol. The van der Waals surface area contributed by atoms with Gasteiger partial charge in [-0.15, -0.1) is 0 Å². The van der Waals surface area contributed by atoms with Gasteiger partial charge in [0.1, 0.15) is 11.6 Å². The van der Waals surface area contributed by atoms with Crippen molar-refractivity contribution in [2.24, 2.45) is 11.8 Å². The Labute approximate surface area is 227 Å². The van der Waals surface area contributed by atoms with Gasteiger partial charge in [-0.05, 0) is 43.5 Å². The van der Waals surface area contributed by atoms with Crippen LogP contribution >= 0.6 is 11.6 Å². The zero-order chi connectivity index (χ0) is 26.4. The molecule has 3 fully saturated rings. The van der Waals surface area contributed by atoms with Gasteiger partial charge in [-0.25, -0.2) is 0 Å². The summed E-state index contributed by atoms with van der Waals surface area (Å²) in [4.78, 5) is 43.5. The molecule has 2 aromatic carbocycles. The van der Waals surface area contributed by atoms with Crippen molar-refractivity contribution in [1.29, 1.82) is 0 Å². The zero-order valence-corrected chi connectivity index (χ0v) is 22.1. The van der Waals surface area contributed by atoms with Gasteiger partial charge in [-0.2, -0.15) is 0 Å². The number of nitrogens with one attached hydrogen (secondary N) is 2. The normalized spacial score (nSPS) is 30.8. The lowest BCUT2D eigenvalue weighted by molar-refractivity contribution is -0.143. The lowest BCUT2D eigenvalue weighted by atomic mass is 9.74. The van der Waals surface area contributed by atoms with Crippen LogP contribution in [0.5, 0.6) is 0 Å². The number of anilines is 1. The molecule has 2 bridgehead atoms. The van der Waals surface area contributed by atoms with Gasteiger partial charge in [-0.1, -0.05) is 79.4 Å². The Bertz CT molecular complexity index is 1280. The van der Waals surface area contributed by atoms with Gasteiger partial charge in [0.05, 0.1) is 24.0 Å². The average Bonchev–Trinajstić information content (AvgIpc) is 3.56. The molecular formula is C30H32ClN3O4. The molecule has 6 atom stereocenters. The van der Waals surface area contributed by atoms with Crippen LogP contribution in [0.15, 0.2) is 66.7 Å². The van der Waals surface area contributed by atoms with Crippen molar-refractivity contribution in [3.63, 3.8) is 0 Å². The van der Waals surface area contributed by atoms with Gasteiger partial charge in [0.15, 0.2) is 0 Å². The van der Waals surface area contributed by atoms with Crippen LogP contribution in [0.25, 0.3) is 0 Å². The summed E-state index contributed by atoms with van der Waals surface area (Å²) in [5.41, 5.74) is 0.279. The number of rotatable bonds is 6. The van der Waals surface area contributed by atoms with Crippen molar-refractivity contribution in [2.75, 3.05) is 5.32 Å². The summed E-state index contributed by atoms with van der Waals surface area (Å²) >= 11 is 6.12. The zero-order valence-electron chi connectivity index (χ0n) is 21.3. The first-order valence-corrected chi connectivity index (χ1v) is 13.9. The molecule has 8 heteroatoms.